The first-order valence-corrected chi connectivity index (χ1v) is 8.80. The Bertz CT molecular complexity index is 258. The van der Waals surface area contributed by atoms with E-state index < -0.39 is 0 Å². The molecule has 0 aliphatic carbocycles. The predicted octanol–water partition coefficient (Wildman–Crippen LogP) is 7.58. The van der Waals surface area contributed by atoms with Gasteiger partial charge in [-0.3, -0.25) is 0 Å². The molecule has 0 fully saturated rings. The fourth-order valence-corrected chi connectivity index (χ4v) is 2.22. The van der Waals surface area contributed by atoms with Crippen LogP contribution in [0.5, 0.6) is 0 Å². The number of unbranched alkanes of at least 4 members (excludes halogenated alkanes) is 9. The fraction of sp³-hybridized carbons (Fsp3) is 0.684. The quantitative estimate of drug-likeness (QED) is 0.412. The lowest BCUT2D eigenvalue weighted by molar-refractivity contribution is 0.562. The highest BCUT2D eigenvalue weighted by Crippen LogP contribution is 2.10. The van der Waals surface area contributed by atoms with E-state index in [1.54, 1.807) is 0 Å². The molecule has 0 N–H and O–H groups in total. The van der Waals surface area contributed by atoms with Crippen molar-refractivity contribution in [3.8, 4) is 0 Å². The highest BCUT2D eigenvalue weighted by atomic mass is 35.5. The molecule has 0 amide bonds. The van der Waals surface area contributed by atoms with Crippen LogP contribution >= 0.6 is 11.6 Å². The van der Waals surface area contributed by atoms with Gasteiger partial charge in [-0.1, -0.05) is 107 Å². The molecule has 0 aromatic heterocycles. The minimum absolute atomic E-state index is 0.801. The third-order valence-corrected chi connectivity index (χ3v) is 3.72. The van der Waals surface area contributed by atoms with Crippen LogP contribution in [0.4, 0.5) is 0 Å². The summed E-state index contributed by atoms with van der Waals surface area (Å²) >= 11 is 5.61. The molecule has 20 heavy (non-hydrogen) atoms. The highest BCUT2D eigenvalue weighted by molar-refractivity contribution is 6.30. The summed E-state index contributed by atoms with van der Waals surface area (Å²) in [5.41, 5.74) is 1.24. The molecule has 0 aliphatic rings. The van der Waals surface area contributed by atoms with E-state index in [2.05, 4.69) is 13.8 Å². The van der Waals surface area contributed by atoms with Crippen molar-refractivity contribution in [1.82, 2.24) is 0 Å². The lowest BCUT2D eigenvalue weighted by atomic mass is 10.1. The van der Waals surface area contributed by atoms with E-state index in [9.17, 15) is 0 Å². The zero-order valence-electron chi connectivity index (χ0n) is 13.8. The van der Waals surface area contributed by atoms with E-state index in [1.807, 2.05) is 31.2 Å². The van der Waals surface area contributed by atoms with Crippen molar-refractivity contribution in [3.63, 3.8) is 0 Å². The van der Waals surface area contributed by atoms with Crippen molar-refractivity contribution >= 4 is 11.6 Å². The number of hydrogen-bond acceptors (Lipinski definition) is 0. The van der Waals surface area contributed by atoms with E-state index in [4.69, 9.17) is 11.6 Å². The second-order valence-electron chi connectivity index (χ2n) is 5.62. The first kappa shape index (κ1) is 19.5. The standard InChI is InChI=1S/C12H26.C7H7Cl/c1-3-5-7-9-11-12-10-8-6-4-2;1-6-2-4-7(8)5-3-6/h3-12H2,1-2H3;2-5H,1H3. The van der Waals surface area contributed by atoms with Crippen LogP contribution in [0, 0.1) is 6.92 Å². The molecule has 1 heteroatoms. The largest absolute Gasteiger partial charge is 0.0843 e. The van der Waals surface area contributed by atoms with Crippen molar-refractivity contribution in [2.24, 2.45) is 0 Å². The minimum Gasteiger partial charge on any atom is -0.0843 e. The highest BCUT2D eigenvalue weighted by Gasteiger charge is 1.90. The van der Waals surface area contributed by atoms with Gasteiger partial charge >= 0.3 is 0 Å². The molecule has 1 aromatic carbocycles. The first-order chi connectivity index (χ1) is 9.70. The van der Waals surface area contributed by atoms with Gasteiger partial charge in [-0.15, -0.1) is 0 Å². The Kier molecular flexibility index (Phi) is 14.5. The second kappa shape index (κ2) is 14.9. The summed E-state index contributed by atoms with van der Waals surface area (Å²) in [5.74, 6) is 0. The molecule has 0 spiro atoms. The summed E-state index contributed by atoms with van der Waals surface area (Å²) < 4.78 is 0. The van der Waals surface area contributed by atoms with Gasteiger partial charge < -0.3 is 0 Å². The van der Waals surface area contributed by atoms with E-state index in [1.165, 1.54) is 69.8 Å². The zero-order chi connectivity index (χ0) is 15.1. The molecule has 116 valence electrons. The summed E-state index contributed by atoms with van der Waals surface area (Å²) in [6, 6.07) is 7.75. The number of hydrogen-bond donors (Lipinski definition) is 0. The maximum Gasteiger partial charge on any atom is 0.0406 e. The lowest BCUT2D eigenvalue weighted by Gasteiger charge is -1.99. The Morgan fingerprint density at radius 3 is 1.30 bits per heavy atom. The molecule has 1 aromatic rings. The summed E-state index contributed by atoms with van der Waals surface area (Å²) in [5, 5.41) is 0.801. The topological polar surface area (TPSA) is 0 Å². The molecule has 0 nitrogen and oxygen atoms in total. The molecule has 0 heterocycles. The molecule has 0 bridgehead atoms. The molecular weight excluding hydrogens is 264 g/mol. The number of benzene rings is 1. The fourth-order valence-electron chi connectivity index (χ4n) is 2.09. The van der Waals surface area contributed by atoms with E-state index in [-0.39, 0.29) is 0 Å². The summed E-state index contributed by atoms with van der Waals surface area (Å²) in [4.78, 5) is 0. The van der Waals surface area contributed by atoms with Gasteiger partial charge in [0, 0.05) is 5.02 Å². The molecule has 0 saturated heterocycles. The van der Waals surface area contributed by atoms with Crippen LogP contribution in [-0.4, -0.2) is 0 Å². The number of rotatable bonds is 9. The minimum atomic E-state index is 0.801. The first-order valence-electron chi connectivity index (χ1n) is 8.42. The average molecular weight is 297 g/mol. The van der Waals surface area contributed by atoms with Gasteiger partial charge in [-0.25, -0.2) is 0 Å². The van der Waals surface area contributed by atoms with E-state index >= 15 is 0 Å². The Hall–Kier alpha value is -0.490. The van der Waals surface area contributed by atoms with Crippen molar-refractivity contribution in [2.75, 3.05) is 0 Å². The van der Waals surface area contributed by atoms with Gasteiger partial charge in [0.2, 0.25) is 0 Å². The predicted molar refractivity (Wildman–Crippen MR) is 93.7 cm³/mol. The number of halogens is 1. The second-order valence-corrected chi connectivity index (χ2v) is 6.06. The average Bonchev–Trinajstić information content (AvgIpc) is 2.46. The zero-order valence-corrected chi connectivity index (χ0v) is 14.5. The molecule has 1 rings (SSSR count). The van der Waals surface area contributed by atoms with Crippen LogP contribution in [0.15, 0.2) is 24.3 Å². The van der Waals surface area contributed by atoms with Crippen LogP contribution in [0.2, 0.25) is 5.02 Å². The Balaban J connectivity index is 0.000000388. The van der Waals surface area contributed by atoms with Crippen LogP contribution < -0.4 is 0 Å². The SMILES string of the molecule is CCCCCCCCCCCC.Cc1ccc(Cl)cc1. The number of aryl methyl sites for hydroxylation is 1. The van der Waals surface area contributed by atoms with Gasteiger partial charge in [0.25, 0.3) is 0 Å². The molecule has 0 radical (unpaired) electrons. The van der Waals surface area contributed by atoms with Crippen molar-refractivity contribution in [1.29, 1.82) is 0 Å². The van der Waals surface area contributed by atoms with Gasteiger partial charge in [0.05, 0.1) is 0 Å². The molecule has 0 saturated carbocycles. The molecular formula is C19H33Cl. The van der Waals surface area contributed by atoms with Crippen LogP contribution in [0.25, 0.3) is 0 Å². The molecule has 0 atom stereocenters. The Labute approximate surface area is 131 Å². The monoisotopic (exact) mass is 296 g/mol. The van der Waals surface area contributed by atoms with E-state index in [0.717, 1.165) is 5.02 Å². The smallest absolute Gasteiger partial charge is 0.0406 e. The van der Waals surface area contributed by atoms with Crippen LogP contribution in [-0.2, 0) is 0 Å². The van der Waals surface area contributed by atoms with Gasteiger partial charge in [-0.2, -0.15) is 0 Å². The third kappa shape index (κ3) is 13.9. The Morgan fingerprint density at radius 2 is 1.00 bits per heavy atom. The third-order valence-electron chi connectivity index (χ3n) is 3.47. The lowest BCUT2D eigenvalue weighted by Crippen LogP contribution is -1.80. The maximum absolute atomic E-state index is 5.61. The van der Waals surface area contributed by atoms with Crippen molar-refractivity contribution in [2.45, 2.75) is 85.0 Å². The molecule has 0 unspecified atom stereocenters. The van der Waals surface area contributed by atoms with E-state index in [0.29, 0.717) is 0 Å². The van der Waals surface area contributed by atoms with Gasteiger partial charge in [0.1, 0.15) is 0 Å². The van der Waals surface area contributed by atoms with Crippen molar-refractivity contribution in [3.05, 3.63) is 34.9 Å². The Morgan fingerprint density at radius 1 is 0.650 bits per heavy atom. The van der Waals surface area contributed by atoms with Crippen molar-refractivity contribution < 1.29 is 0 Å². The van der Waals surface area contributed by atoms with Crippen LogP contribution in [0.3, 0.4) is 0 Å². The van der Waals surface area contributed by atoms with Crippen LogP contribution in [0.1, 0.15) is 83.6 Å². The van der Waals surface area contributed by atoms with Gasteiger partial charge in [-0.05, 0) is 19.1 Å². The summed E-state index contributed by atoms with van der Waals surface area (Å²) in [6.45, 7) is 6.60. The van der Waals surface area contributed by atoms with Gasteiger partial charge in [0.15, 0.2) is 0 Å². The summed E-state index contributed by atoms with van der Waals surface area (Å²) in [7, 11) is 0. The molecule has 0 aliphatic heterocycles. The maximum atomic E-state index is 5.61. The normalized spacial score (nSPS) is 10.0. The summed E-state index contributed by atoms with van der Waals surface area (Å²) in [6.07, 6.45) is 14.4.